The molecule has 0 saturated heterocycles. The Hall–Kier alpha value is -1.69. The number of hydrogen-bond acceptors (Lipinski definition) is 1. The maximum absolute atomic E-state index is 13.5. The first-order valence-corrected chi connectivity index (χ1v) is 6.75. The maximum atomic E-state index is 13.5. The lowest BCUT2D eigenvalue weighted by Crippen LogP contribution is -2.08. The highest BCUT2D eigenvalue weighted by Crippen LogP contribution is 2.34. The van der Waals surface area contributed by atoms with Crippen molar-refractivity contribution < 1.29 is 4.39 Å². The molecule has 0 saturated carbocycles. The molecule has 0 fully saturated rings. The number of nitrogens with one attached hydrogen (secondary N) is 1. The summed E-state index contributed by atoms with van der Waals surface area (Å²) in [7, 11) is 0. The van der Waals surface area contributed by atoms with Gasteiger partial charge in [-0.25, -0.2) is 4.39 Å². The molecule has 0 radical (unpaired) electrons. The van der Waals surface area contributed by atoms with Gasteiger partial charge in [0.25, 0.3) is 0 Å². The molecule has 0 heterocycles. The van der Waals surface area contributed by atoms with Crippen LogP contribution in [0.4, 0.5) is 10.1 Å². The Labute approximate surface area is 127 Å². The lowest BCUT2D eigenvalue weighted by atomic mass is 10.1. The van der Waals surface area contributed by atoms with E-state index in [0.717, 1.165) is 11.3 Å². The summed E-state index contributed by atoms with van der Waals surface area (Å²) in [4.78, 5) is 0. The van der Waals surface area contributed by atoms with Crippen LogP contribution in [0.3, 0.4) is 0 Å². The highest BCUT2D eigenvalue weighted by molar-refractivity contribution is 6.36. The minimum absolute atomic E-state index is 0.0330. The molecule has 0 aliphatic rings. The average molecular weight is 308 g/mol. The summed E-state index contributed by atoms with van der Waals surface area (Å²) in [6, 6.07) is 9.87. The van der Waals surface area contributed by atoms with Gasteiger partial charge in [-0.2, -0.15) is 0 Å². The molecule has 0 spiro atoms. The molecular weight excluding hydrogens is 296 g/mol. The van der Waals surface area contributed by atoms with E-state index in [4.69, 9.17) is 29.6 Å². The third-order valence-corrected chi connectivity index (χ3v) is 3.64. The van der Waals surface area contributed by atoms with Gasteiger partial charge < -0.3 is 5.32 Å². The van der Waals surface area contributed by atoms with Crippen molar-refractivity contribution in [2.75, 3.05) is 5.32 Å². The molecule has 1 unspecified atom stereocenters. The molecule has 2 rings (SSSR count). The van der Waals surface area contributed by atoms with E-state index in [1.54, 1.807) is 0 Å². The summed E-state index contributed by atoms with van der Waals surface area (Å²) in [5, 5.41) is 3.66. The third kappa shape index (κ3) is 3.07. The standard InChI is InChI=1S/C16H12Cl2FN/c1-3-11-5-4-6-12(9-11)20-10(2)15-13(17)7-8-14(19)16(15)18/h1,4-10,20H,2H3. The van der Waals surface area contributed by atoms with E-state index >= 15 is 0 Å². The molecule has 1 atom stereocenters. The van der Waals surface area contributed by atoms with Gasteiger partial charge in [-0.05, 0) is 37.3 Å². The van der Waals surface area contributed by atoms with Crippen molar-refractivity contribution in [3.05, 3.63) is 63.4 Å². The fraction of sp³-hybridized carbons (Fsp3) is 0.125. The number of benzene rings is 2. The van der Waals surface area contributed by atoms with E-state index in [0.29, 0.717) is 10.6 Å². The Balaban J connectivity index is 2.31. The van der Waals surface area contributed by atoms with Crippen molar-refractivity contribution >= 4 is 28.9 Å². The van der Waals surface area contributed by atoms with Gasteiger partial charge in [0.15, 0.2) is 0 Å². The summed E-state index contributed by atoms with van der Waals surface area (Å²) in [5.74, 6) is 2.07. The number of rotatable bonds is 3. The average Bonchev–Trinajstić information content (AvgIpc) is 2.43. The van der Waals surface area contributed by atoms with Crippen molar-refractivity contribution in [1.82, 2.24) is 0 Å². The van der Waals surface area contributed by atoms with Crippen LogP contribution in [0.15, 0.2) is 36.4 Å². The predicted octanol–water partition coefficient (Wildman–Crippen LogP) is 5.29. The van der Waals surface area contributed by atoms with Gasteiger partial charge in [0.05, 0.1) is 11.1 Å². The highest BCUT2D eigenvalue weighted by atomic mass is 35.5. The summed E-state index contributed by atoms with van der Waals surface area (Å²) in [5.41, 5.74) is 2.11. The Morgan fingerprint density at radius 1 is 1.25 bits per heavy atom. The summed E-state index contributed by atoms with van der Waals surface area (Å²) < 4.78 is 13.5. The first-order chi connectivity index (χ1) is 9.52. The predicted molar refractivity (Wildman–Crippen MR) is 82.8 cm³/mol. The minimum Gasteiger partial charge on any atom is -0.378 e. The van der Waals surface area contributed by atoms with E-state index < -0.39 is 5.82 Å². The molecule has 2 aromatic rings. The van der Waals surface area contributed by atoms with Crippen LogP contribution in [0.5, 0.6) is 0 Å². The summed E-state index contributed by atoms with van der Waals surface area (Å²) >= 11 is 12.1. The van der Waals surface area contributed by atoms with Gasteiger partial charge in [0, 0.05) is 21.8 Å². The number of terminal acetylenes is 1. The topological polar surface area (TPSA) is 12.0 Å². The zero-order valence-corrected chi connectivity index (χ0v) is 12.3. The fourth-order valence-electron chi connectivity index (χ4n) is 1.96. The summed E-state index contributed by atoms with van der Waals surface area (Å²) in [6.45, 7) is 1.86. The van der Waals surface area contributed by atoms with Gasteiger partial charge in [-0.15, -0.1) is 6.42 Å². The van der Waals surface area contributed by atoms with Crippen LogP contribution in [0, 0.1) is 18.2 Å². The van der Waals surface area contributed by atoms with Crippen molar-refractivity contribution in [3.8, 4) is 12.3 Å². The normalized spacial score (nSPS) is 11.8. The Bertz CT molecular complexity index is 677. The molecular formula is C16H12Cl2FN. The third-order valence-electron chi connectivity index (χ3n) is 2.92. The zero-order valence-electron chi connectivity index (χ0n) is 10.8. The lowest BCUT2D eigenvalue weighted by Gasteiger charge is -2.19. The van der Waals surface area contributed by atoms with E-state index in [1.165, 1.54) is 12.1 Å². The van der Waals surface area contributed by atoms with Crippen LogP contribution in [0.2, 0.25) is 10.0 Å². The Morgan fingerprint density at radius 3 is 2.70 bits per heavy atom. The quantitative estimate of drug-likeness (QED) is 0.600. The van der Waals surface area contributed by atoms with E-state index in [2.05, 4.69) is 11.2 Å². The molecule has 1 N–H and O–H groups in total. The van der Waals surface area contributed by atoms with E-state index in [9.17, 15) is 4.39 Å². The Kier molecular flexibility index (Phi) is 4.54. The Morgan fingerprint density at radius 2 is 2.00 bits per heavy atom. The van der Waals surface area contributed by atoms with Crippen LogP contribution in [-0.4, -0.2) is 0 Å². The van der Waals surface area contributed by atoms with Crippen LogP contribution < -0.4 is 5.32 Å². The van der Waals surface area contributed by atoms with Gasteiger partial charge in [-0.1, -0.05) is 35.2 Å². The van der Waals surface area contributed by atoms with Gasteiger partial charge in [0.1, 0.15) is 5.82 Å². The second-order valence-corrected chi connectivity index (χ2v) is 5.13. The minimum atomic E-state index is -0.489. The molecule has 2 aromatic carbocycles. The van der Waals surface area contributed by atoms with Crippen LogP contribution in [0.1, 0.15) is 24.1 Å². The maximum Gasteiger partial charge on any atom is 0.142 e. The van der Waals surface area contributed by atoms with Gasteiger partial charge in [-0.3, -0.25) is 0 Å². The largest absolute Gasteiger partial charge is 0.378 e. The zero-order chi connectivity index (χ0) is 14.7. The van der Waals surface area contributed by atoms with E-state index in [1.807, 2.05) is 31.2 Å². The molecule has 4 heteroatoms. The van der Waals surface area contributed by atoms with Crippen LogP contribution >= 0.6 is 23.2 Å². The summed E-state index contributed by atoms with van der Waals surface area (Å²) in [6.07, 6.45) is 5.36. The monoisotopic (exact) mass is 307 g/mol. The van der Waals surface area contributed by atoms with Gasteiger partial charge >= 0.3 is 0 Å². The molecule has 0 bridgehead atoms. The van der Waals surface area contributed by atoms with Crippen molar-refractivity contribution in [2.24, 2.45) is 0 Å². The van der Waals surface area contributed by atoms with Crippen molar-refractivity contribution in [1.29, 1.82) is 0 Å². The second kappa shape index (κ2) is 6.17. The lowest BCUT2D eigenvalue weighted by molar-refractivity contribution is 0.624. The van der Waals surface area contributed by atoms with Crippen molar-refractivity contribution in [2.45, 2.75) is 13.0 Å². The van der Waals surface area contributed by atoms with Crippen LogP contribution in [-0.2, 0) is 0 Å². The van der Waals surface area contributed by atoms with Crippen LogP contribution in [0.25, 0.3) is 0 Å². The highest BCUT2D eigenvalue weighted by Gasteiger charge is 2.17. The molecule has 0 amide bonds. The number of anilines is 1. The fourth-order valence-corrected chi connectivity index (χ4v) is 2.66. The first kappa shape index (κ1) is 14.7. The SMILES string of the molecule is C#Cc1cccc(NC(C)c2c(Cl)ccc(F)c2Cl)c1. The molecule has 102 valence electrons. The smallest absolute Gasteiger partial charge is 0.142 e. The molecule has 1 nitrogen and oxygen atoms in total. The first-order valence-electron chi connectivity index (χ1n) is 5.99. The second-order valence-electron chi connectivity index (χ2n) is 4.35. The number of halogens is 3. The van der Waals surface area contributed by atoms with Gasteiger partial charge in [0.2, 0.25) is 0 Å². The van der Waals surface area contributed by atoms with E-state index in [-0.39, 0.29) is 11.1 Å². The number of hydrogen-bond donors (Lipinski definition) is 1. The van der Waals surface area contributed by atoms with Crippen molar-refractivity contribution in [3.63, 3.8) is 0 Å². The molecule has 0 aliphatic heterocycles. The molecule has 0 aromatic heterocycles. The molecule has 0 aliphatic carbocycles. The molecule has 20 heavy (non-hydrogen) atoms.